The van der Waals surface area contributed by atoms with Crippen LogP contribution in [0.4, 0.5) is 22.1 Å². The number of benzene rings is 3. The molecule has 0 bridgehead atoms. The highest BCUT2D eigenvalue weighted by Crippen LogP contribution is 2.38. The third-order valence-electron chi connectivity index (χ3n) is 12.1. The molecule has 1 aliphatic carbocycles. The van der Waals surface area contributed by atoms with Crippen molar-refractivity contribution in [3.63, 3.8) is 0 Å². The van der Waals surface area contributed by atoms with Crippen LogP contribution in [-0.2, 0) is 4.79 Å². The molecule has 0 spiro atoms. The number of nitrogen functional groups attached to an aromatic ring is 1. The first kappa shape index (κ1) is 35.4. The van der Waals surface area contributed by atoms with E-state index in [9.17, 15) is 9.59 Å². The van der Waals surface area contributed by atoms with E-state index in [2.05, 4.69) is 45.9 Å². The van der Waals surface area contributed by atoms with E-state index in [0.29, 0.717) is 29.2 Å². The topological polar surface area (TPSA) is 164 Å². The molecule has 10 rings (SSSR count). The van der Waals surface area contributed by atoms with Gasteiger partial charge in [0.05, 0.1) is 16.8 Å². The van der Waals surface area contributed by atoms with Crippen LogP contribution in [0, 0.1) is 5.92 Å². The van der Waals surface area contributed by atoms with Gasteiger partial charge in [-0.3, -0.25) is 19.9 Å². The van der Waals surface area contributed by atoms with Crippen LogP contribution >= 0.6 is 0 Å². The van der Waals surface area contributed by atoms with E-state index in [0.717, 1.165) is 116 Å². The molecule has 0 unspecified atom stereocenters. The van der Waals surface area contributed by atoms with Gasteiger partial charge in [-0.15, -0.1) is 0 Å². The first-order chi connectivity index (χ1) is 27.9. The molecular weight excluding hydrogens is 723 g/mol. The third-order valence-corrected chi connectivity index (χ3v) is 12.1. The van der Waals surface area contributed by atoms with Crippen molar-refractivity contribution in [2.75, 3.05) is 67.9 Å². The Kier molecular flexibility index (Phi) is 9.17. The molecule has 6 heterocycles. The largest absolute Gasteiger partial charge is 0.457 e. The molecule has 3 saturated heterocycles. The standard InChI is InChI=1S/C42H45N11O4/c43-39-37-38(28-6-13-33(14-7-28)56-32-4-2-1-3-5-32)47-53(41(37)45-26-44-39)30-10-8-29(9-11-30)50-20-18-49(19-21-50)23-27-24-51(25-27)31-12-15-35-34(22-31)40(48-57-35)52-17-16-36(54)46-42(52)55/h1-7,12-15,22,26-27,29-30H,8-11,16-21,23-25H2,(H2,43,44,45)(H,46,54,55). The maximum absolute atomic E-state index is 12.5. The van der Waals surface area contributed by atoms with E-state index in [4.69, 9.17) is 20.1 Å². The minimum absolute atomic E-state index is 0.240. The zero-order valence-corrected chi connectivity index (χ0v) is 31.7. The Labute approximate surface area is 329 Å². The SMILES string of the molecule is Nc1ncnc2c1c(-c1ccc(Oc3ccccc3)cc1)nn2C1CCC(N2CCN(CC3CN(c4ccc5onc(N6CCC(=O)NC6=O)c5c4)C3)CC2)CC1. The molecule has 15 heteroatoms. The van der Waals surface area contributed by atoms with Crippen LogP contribution in [0.3, 0.4) is 0 Å². The highest BCUT2D eigenvalue weighted by Gasteiger charge is 2.34. The molecule has 3 N–H and O–H groups in total. The van der Waals surface area contributed by atoms with E-state index in [1.807, 2.05) is 66.7 Å². The maximum Gasteiger partial charge on any atom is 0.329 e. The van der Waals surface area contributed by atoms with Crippen molar-refractivity contribution in [2.24, 2.45) is 5.92 Å². The Hall–Kier alpha value is -6.06. The van der Waals surface area contributed by atoms with Crippen LogP contribution in [-0.4, -0.2) is 105 Å². The van der Waals surface area contributed by atoms with Crippen LogP contribution in [0.15, 0.2) is 83.6 Å². The van der Waals surface area contributed by atoms with Crippen LogP contribution in [0.1, 0.15) is 38.1 Å². The number of hydrogen-bond acceptors (Lipinski definition) is 12. The van der Waals surface area contributed by atoms with Crippen LogP contribution in [0.5, 0.6) is 11.5 Å². The Balaban J connectivity index is 0.721. The summed E-state index contributed by atoms with van der Waals surface area (Å²) in [5, 5.41) is 13.3. The van der Waals surface area contributed by atoms with Crippen molar-refractivity contribution in [2.45, 2.75) is 44.2 Å². The zero-order chi connectivity index (χ0) is 38.5. The second-order valence-electron chi connectivity index (χ2n) is 15.7. The Morgan fingerprint density at radius 3 is 2.37 bits per heavy atom. The number of imide groups is 1. The number of carbonyl (C=O) groups is 2. The summed E-state index contributed by atoms with van der Waals surface area (Å²) in [4.78, 5) is 42.3. The number of nitrogens with zero attached hydrogens (tertiary/aromatic N) is 9. The molecule has 3 aliphatic heterocycles. The van der Waals surface area contributed by atoms with Crippen molar-refractivity contribution in [3.8, 4) is 22.8 Å². The minimum Gasteiger partial charge on any atom is -0.457 e. The summed E-state index contributed by atoms with van der Waals surface area (Å²) in [6.07, 6.45) is 6.12. The molecule has 15 nitrogen and oxygen atoms in total. The molecule has 292 valence electrons. The Bertz CT molecular complexity index is 2410. The number of urea groups is 1. The summed E-state index contributed by atoms with van der Waals surface area (Å²) in [5.41, 5.74) is 10.7. The van der Waals surface area contributed by atoms with Crippen LogP contribution in [0.25, 0.3) is 33.3 Å². The smallest absolute Gasteiger partial charge is 0.329 e. The number of para-hydroxylation sites is 1. The van der Waals surface area contributed by atoms with E-state index in [-0.39, 0.29) is 24.9 Å². The molecule has 0 radical (unpaired) electrons. The van der Waals surface area contributed by atoms with Gasteiger partial charge in [0, 0.05) is 82.0 Å². The normalized spacial score (nSPS) is 21.3. The number of nitrogens with one attached hydrogen (secondary N) is 1. The molecule has 0 atom stereocenters. The summed E-state index contributed by atoms with van der Waals surface area (Å²) in [6, 6.07) is 24.1. The van der Waals surface area contributed by atoms with Crippen molar-refractivity contribution >= 4 is 51.3 Å². The molecule has 3 aromatic carbocycles. The summed E-state index contributed by atoms with van der Waals surface area (Å²) in [7, 11) is 0. The average Bonchev–Trinajstić information content (AvgIpc) is 3.83. The van der Waals surface area contributed by atoms with Crippen LogP contribution in [0.2, 0.25) is 0 Å². The van der Waals surface area contributed by atoms with E-state index in [1.165, 1.54) is 4.90 Å². The highest BCUT2D eigenvalue weighted by molar-refractivity contribution is 6.08. The van der Waals surface area contributed by atoms with Gasteiger partial charge in [0.2, 0.25) is 5.91 Å². The van der Waals surface area contributed by atoms with E-state index in [1.54, 1.807) is 6.33 Å². The first-order valence-electron chi connectivity index (χ1n) is 20.0. The highest BCUT2D eigenvalue weighted by atomic mass is 16.5. The zero-order valence-electron chi connectivity index (χ0n) is 31.7. The van der Waals surface area contributed by atoms with Gasteiger partial charge in [-0.2, -0.15) is 5.10 Å². The van der Waals surface area contributed by atoms with Gasteiger partial charge in [-0.25, -0.2) is 19.4 Å². The number of carbonyl (C=O) groups excluding carboxylic acids is 2. The molecule has 57 heavy (non-hydrogen) atoms. The molecule has 3 aromatic heterocycles. The summed E-state index contributed by atoms with van der Waals surface area (Å²) in [5.74, 6) is 2.78. The minimum atomic E-state index is -0.462. The lowest BCUT2D eigenvalue weighted by atomic mass is 9.89. The maximum atomic E-state index is 12.5. The van der Waals surface area contributed by atoms with Gasteiger partial charge < -0.3 is 24.8 Å². The number of anilines is 3. The summed E-state index contributed by atoms with van der Waals surface area (Å²) < 4.78 is 13.6. The third kappa shape index (κ3) is 6.90. The number of rotatable bonds is 9. The van der Waals surface area contributed by atoms with Gasteiger partial charge >= 0.3 is 6.03 Å². The lowest BCUT2D eigenvalue weighted by Crippen LogP contribution is -2.56. The summed E-state index contributed by atoms with van der Waals surface area (Å²) in [6.45, 7) is 7.73. The molecule has 3 amide bonds. The van der Waals surface area contributed by atoms with Crippen molar-refractivity contribution in [3.05, 3.63) is 79.1 Å². The molecule has 6 aromatic rings. The average molecular weight is 768 g/mol. The lowest BCUT2D eigenvalue weighted by molar-refractivity contribution is -0.120. The second kappa shape index (κ2) is 14.8. The Morgan fingerprint density at radius 1 is 0.842 bits per heavy atom. The first-order valence-corrected chi connectivity index (χ1v) is 20.0. The van der Waals surface area contributed by atoms with Crippen molar-refractivity contribution in [1.82, 2.24) is 40.0 Å². The lowest BCUT2D eigenvalue weighted by Gasteiger charge is -2.46. The predicted molar refractivity (Wildman–Crippen MR) is 216 cm³/mol. The summed E-state index contributed by atoms with van der Waals surface area (Å²) >= 11 is 0. The van der Waals surface area contributed by atoms with Gasteiger partial charge in [-0.1, -0.05) is 23.4 Å². The predicted octanol–water partition coefficient (Wildman–Crippen LogP) is 5.69. The van der Waals surface area contributed by atoms with Crippen molar-refractivity contribution < 1.29 is 18.8 Å². The number of aromatic nitrogens is 5. The molecule has 4 fully saturated rings. The number of amides is 3. The fraction of sp³-hybridized carbons (Fsp3) is 0.381. The quantitative estimate of drug-likeness (QED) is 0.185. The number of ether oxygens (including phenoxy) is 1. The molecule has 1 saturated carbocycles. The second-order valence-corrected chi connectivity index (χ2v) is 15.7. The Morgan fingerprint density at radius 2 is 1.60 bits per heavy atom. The van der Waals surface area contributed by atoms with Gasteiger partial charge in [0.15, 0.2) is 17.0 Å². The van der Waals surface area contributed by atoms with Gasteiger partial charge in [0.1, 0.15) is 29.3 Å². The number of nitrogens with two attached hydrogens (primary N) is 1. The molecular formula is C42H45N11O4. The van der Waals surface area contributed by atoms with Gasteiger partial charge in [-0.05, 0) is 80.3 Å². The van der Waals surface area contributed by atoms with Crippen molar-refractivity contribution in [1.29, 1.82) is 0 Å². The van der Waals surface area contributed by atoms with Gasteiger partial charge in [0.25, 0.3) is 0 Å². The fourth-order valence-corrected chi connectivity index (χ4v) is 9.07. The van der Waals surface area contributed by atoms with E-state index >= 15 is 0 Å². The molecule has 4 aliphatic rings. The van der Waals surface area contributed by atoms with E-state index < -0.39 is 6.03 Å². The number of hydrogen-bond donors (Lipinski definition) is 2. The number of piperazine rings is 1. The van der Waals surface area contributed by atoms with Crippen LogP contribution < -0.4 is 25.6 Å². The monoisotopic (exact) mass is 767 g/mol. The number of fused-ring (bicyclic) bond motifs is 2. The fourth-order valence-electron chi connectivity index (χ4n) is 9.07.